The number of aliphatic hydroxyl groups is 1. The average Bonchev–Trinajstić information content (AvgIpc) is 2.62. The van der Waals surface area contributed by atoms with Crippen molar-refractivity contribution in [2.75, 3.05) is 19.7 Å². The number of halogens is 2. The van der Waals surface area contributed by atoms with Gasteiger partial charge in [-0.2, -0.15) is 0 Å². The third-order valence-electron chi connectivity index (χ3n) is 4.45. The molecule has 1 N–H and O–H groups in total. The average molecular weight is 369 g/mol. The molecule has 1 aliphatic heterocycles. The fourth-order valence-corrected chi connectivity index (χ4v) is 2.96. The smallest absolute Gasteiger partial charge is 0.410 e. The van der Waals surface area contributed by atoms with Gasteiger partial charge in [-0.25, -0.2) is 13.6 Å². The largest absolute Gasteiger partial charge is 0.444 e. The van der Waals surface area contributed by atoms with Crippen LogP contribution in [0.1, 0.15) is 51.2 Å². The van der Waals surface area contributed by atoms with Gasteiger partial charge in [0.1, 0.15) is 5.60 Å². The van der Waals surface area contributed by atoms with Crippen LogP contribution in [0.3, 0.4) is 0 Å². The Morgan fingerprint density at radius 1 is 1.23 bits per heavy atom. The van der Waals surface area contributed by atoms with Crippen molar-refractivity contribution in [2.45, 2.75) is 51.1 Å². The fourth-order valence-electron chi connectivity index (χ4n) is 2.96. The quantitative estimate of drug-likeness (QED) is 0.787. The summed E-state index contributed by atoms with van der Waals surface area (Å²) in [6, 6.07) is 6.11. The van der Waals surface area contributed by atoms with Crippen LogP contribution in [0.4, 0.5) is 13.6 Å². The van der Waals surface area contributed by atoms with Gasteiger partial charge >= 0.3 is 6.09 Å². The standard InChI is InChI=1S/C18H25F2NO3.C2H4/c1-17(2,3)24-16(23)21-10-8-18(12-22,9-11-21)14-6-4-13(5-7-14)15(19)20;1-2/h4-7,15,22H,8-12H2,1-3H3;1-2H2. The number of aliphatic hydroxyl groups excluding tert-OH is 1. The summed E-state index contributed by atoms with van der Waals surface area (Å²) in [5.74, 6) is 0. The highest BCUT2D eigenvalue weighted by molar-refractivity contribution is 5.68. The zero-order chi connectivity index (χ0) is 20.0. The van der Waals surface area contributed by atoms with Crippen LogP contribution < -0.4 is 0 Å². The summed E-state index contributed by atoms with van der Waals surface area (Å²) in [4.78, 5) is 13.8. The van der Waals surface area contributed by atoms with E-state index in [9.17, 15) is 18.7 Å². The fraction of sp³-hybridized carbons (Fsp3) is 0.550. The Morgan fingerprint density at radius 2 is 1.73 bits per heavy atom. The van der Waals surface area contributed by atoms with Crippen molar-refractivity contribution < 1.29 is 23.4 Å². The molecule has 1 heterocycles. The van der Waals surface area contributed by atoms with Gasteiger partial charge in [0.15, 0.2) is 0 Å². The molecule has 6 heteroatoms. The molecule has 0 atom stereocenters. The lowest BCUT2D eigenvalue weighted by atomic mass is 9.73. The van der Waals surface area contributed by atoms with E-state index in [2.05, 4.69) is 13.2 Å². The molecule has 0 saturated carbocycles. The number of ether oxygens (including phenoxy) is 1. The van der Waals surface area contributed by atoms with E-state index in [0.717, 1.165) is 5.56 Å². The maximum atomic E-state index is 12.7. The molecule has 1 aliphatic rings. The lowest BCUT2D eigenvalue weighted by Crippen LogP contribution is -2.48. The van der Waals surface area contributed by atoms with E-state index < -0.39 is 17.4 Å². The molecule has 0 unspecified atom stereocenters. The molecular formula is C20H29F2NO3. The van der Waals surface area contributed by atoms with Crippen molar-refractivity contribution in [2.24, 2.45) is 0 Å². The van der Waals surface area contributed by atoms with Crippen molar-refractivity contribution in [3.8, 4) is 0 Å². The summed E-state index contributed by atoms with van der Waals surface area (Å²) in [7, 11) is 0. The van der Waals surface area contributed by atoms with Crippen LogP contribution in [0, 0.1) is 0 Å². The van der Waals surface area contributed by atoms with Crippen LogP contribution >= 0.6 is 0 Å². The van der Waals surface area contributed by atoms with Crippen LogP contribution in [-0.4, -0.2) is 41.4 Å². The second kappa shape index (κ2) is 9.12. The van der Waals surface area contributed by atoms with E-state index in [0.29, 0.717) is 25.9 Å². The molecule has 0 aliphatic carbocycles. The van der Waals surface area contributed by atoms with Crippen LogP contribution in [0.25, 0.3) is 0 Å². The monoisotopic (exact) mass is 369 g/mol. The Balaban J connectivity index is 0.00000163. The van der Waals surface area contributed by atoms with Crippen molar-refractivity contribution >= 4 is 6.09 Å². The number of hydrogen-bond donors (Lipinski definition) is 1. The van der Waals surface area contributed by atoms with Crippen LogP contribution in [0.5, 0.6) is 0 Å². The Kier molecular flexibility index (Phi) is 7.75. The summed E-state index contributed by atoms with van der Waals surface area (Å²) in [6.45, 7) is 12.3. The highest BCUT2D eigenvalue weighted by atomic mass is 19.3. The zero-order valence-electron chi connectivity index (χ0n) is 15.8. The summed E-state index contributed by atoms with van der Waals surface area (Å²) in [5, 5.41) is 9.90. The molecule has 26 heavy (non-hydrogen) atoms. The summed E-state index contributed by atoms with van der Waals surface area (Å²) in [5.41, 5.74) is -0.247. The molecule has 146 valence electrons. The molecule has 1 aromatic carbocycles. The van der Waals surface area contributed by atoms with E-state index in [-0.39, 0.29) is 18.3 Å². The normalized spacial score (nSPS) is 16.7. The van der Waals surface area contributed by atoms with Gasteiger partial charge in [-0.1, -0.05) is 24.3 Å². The first-order chi connectivity index (χ1) is 12.2. The number of benzene rings is 1. The molecule has 4 nitrogen and oxygen atoms in total. The molecule has 1 fully saturated rings. The molecular weight excluding hydrogens is 340 g/mol. The molecule has 2 rings (SSSR count). The van der Waals surface area contributed by atoms with E-state index >= 15 is 0 Å². The van der Waals surface area contributed by atoms with Gasteiger partial charge in [0, 0.05) is 24.1 Å². The summed E-state index contributed by atoms with van der Waals surface area (Å²) in [6.07, 6.45) is -1.73. The first-order valence-corrected chi connectivity index (χ1v) is 8.64. The molecule has 0 radical (unpaired) electrons. The van der Waals surface area contributed by atoms with Gasteiger partial charge in [0.2, 0.25) is 0 Å². The SMILES string of the molecule is C=C.CC(C)(C)OC(=O)N1CCC(CO)(c2ccc(C(F)F)cc2)CC1. The van der Waals surface area contributed by atoms with Gasteiger partial charge < -0.3 is 14.7 Å². The molecule has 1 saturated heterocycles. The maximum Gasteiger partial charge on any atom is 0.410 e. The van der Waals surface area contributed by atoms with Crippen LogP contribution in [0.15, 0.2) is 37.4 Å². The third kappa shape index (κ3) is 5.53. The Labute approximate surface area is 154 Å². The van der Waals surface area contributed by atoms with Crippen LogP contribution in [-0.2, 0) is 10.2 Å². The molecule has 0 aromatic heterocycles. The highest BCUT2D eigenvalue weighted by Crippen LogP contribution is 2.36. The number of carbonyl (C=O) groups excluding carboxylic acids is 1. The van der Waals surface area contributed by atoms with Crippen molar-refractivity contribution in [1.82, 2.24) is 4.90 Å². The third-order valence-corrected chi connectivity index (χ3v) is 4.45. The van der Waals surface area contributed by atoms with Gasteiger partial charge in [-0.3, -0.25) is 0 Å². The van der Waals surface area contributed by atoms with Gasteiger partial charge in [0.25, 0.3) is 6.43 Å². The molecule has 0 bridgehead atoms. The topological polar surface area (TPSA) is 49.8 Å². The van der Waals surface area contributed by atoms with E-state index in [4.69, 9.17) is 4.74 Å². The van der Waals surface area contributed by atoms with E-state index in [1.165, 1.54) is 12.1 Å². The number of nitrogens with zero attached hydrogens (tertiary/aromatic N) is 1. The summed E-state index contributed by atoms with van der Waals surface area (Å²) >= 11 is 0. The first kappa shape index (κ1) is 22.1. The lowest BCUT2D eigenvalue weighted by Gasteiger charge is -2.41. The number of hydrogen-bond acceptors (Lipinski definition) is 3. The Bertz CT molecular complexity index is 574. The maximum absolute atomic E-state index is 12.7. The van der Waals surface area contributed by atoms with Crippen molar-refractivity contribution in [3.63, 3.8) is 0 Å². The highest BCUT2D eigenvalue weighted by Gasteiger charge is 2.38. The molecule has 1 amide bonds. The predicted molar refractivity (Wildman–Crippen MR) is 98.5 cm³/mol. The Morgan fingerprint density at radius 3 is 2.12 bits per heavy atom. The van der Waals surface area contributed by atoms with E-state index in [1.54, 1.807) is 17.0 Å². The lowest BCUT2D eigenvalue weighted by molar-refractivity contribution is 0.0123. The number of carbonyl (C=O) groups is 1. The first-order valence-electron chi connectivity index (χ1n) is 8.64. The van der Waals surface area contributed by atoms with Crippen molar-refractivity contribution in [3.05, 3.63) is 48.6 Å². The van der Waals surface area contributed by atoms with Gasteiger partial charge in [0.05, 0.1) is 6.61 Å². The predicted octanol–water partition coefficient (Wildman–Crippen LogP) is 4.69. The van der Waals surface area contributed by atoms with Gasteiger partial charge in [-0.05, 0) is 39.2 Å². The minimum absolute atomic E-state index is 0.0296. The number of piperidine rings is 1. The number of rotatable bonds is 3. The minimum atomic E-state index is -2.50. The van der Waals surface area contributed by atoms with Crippen LogP contribution in [0.2, 0.25) is 0 Å². The summed E-state index contributed by atoms with van der Waals surface area (Å²) < 4.78 is 30.7. The second-order valence-corrected chi connectivity index (χ2v) is 7.33. The van der Waals surface area contributed by atoms with E-state index in [1.807, 2.05) is 20.8 Å². The second-order valence-electron chi connectivity index (χ2n) is 7.33. The Hall–Kier alpha value is -1.95. The minimum Gasteiger partial charge on any atom is -0.444 e. The van der Waals surface area contributed by atoms with Gasteiger partial charge in [-0.15, -0.1) is 13.2 Å². The number of likely N-dealkylation sites (tertiary alicyclic amines) is 1. The van der Waals surface area contributed by atoms with Crippen molar-refractivity contribution in [1.29, 1.82) is 0 Å². The number of amides is 1. The number of alkyl halides is 2. The molecule has 1 aromatic rings. The molecule has 0 spiro atoms. The zero-order valence-corrected chi connectivity index (χ0v) is 15.8.